The van der Waals surface area contributed by atoms with E-state index >= 15 is 0 Å². The molecule has 0 bridgehead atoms. The Morgan fingerprint density at radius 2 is 1.82 bits per heavy atom. The van der Waals surface area contributed by atoms with Gasteiger partial charge >= 0.3 is 5.97 Å². The maximum Gasteiger partial charge on any atom is 0.335 e. The molecular formula is C10H11NO5S. The van der Waals surface area contributed by atoms with E-state index < -0.39 is 33.2 Å². The number of rotatable bonds is 5. The third kappa shape index (κ3) is 3.87. The van der Waals surface area contributed by atoms with E-state index in [-0.39, 0.29) is 11.1 Å². The number of nitrogens with two attached hydrogens (primary N) is 1. The van der Waals surface area contributed by atoms with Gasteiger partial charge in [0.1, 0.15) is 5.75 Å². The molecule has 0 fully saturated rings. The normalized spacial score (nSPS) is 11.1. The summed E-state index contributed by atoms with van der Waals surface area (Å²) >= 11 is 0. The van der Waals surface area contributed by atoms with Crippen LogP contribution in [0, 0.1) is 0 Å². The van der Waals surface area contributed by atoms with Crippen LogP contribution in [-0.2, 0) is 20.4 Å². The minimum absolute atomic E-state index is 0.0967. The smallest absolute Gasteiger partial charge is 0.335 e. The molecule has 1 aromatic carbocycles. The number of carbonyl (C=O) groups excluding carboxylic acids is 1. The largest absolute Gasteiger partial charge is 0.478 e. The average Bonchev–Trinajstić information content (AvgIpc) is 2.14. The molecule has 0 heterocycles. The van der Waals surface area contributed by atoms with Gasteiger partial charge in [-0.25, -0.2) is 13.2 Å². The molecule has 92 valence electrons. The van der Waals surface area contributed by atoms with Gasteiger partial charge in [0.15, 0.2) is 9.84 Å². The van der Waals surface area contributed by atoms with Crippen molar-refractivity contribution in [3.63, 3.8) is 0 Å². The third-order valence-corrected chi connectivity index (χ3v) is 3.46. The van der Waals surface area contributed by atoms with Gasteiger partial charge in [-0.05, 0) is 11.6 Å². The third-order valence-electron chi connectivity index (χ3n) is 1.99. The van der Waals surface area contributed by atoms with Gasteiger partial charge in [0.2, 0.25) is 5.91 Å². The van der Waals surface area contributed by atoms with Gasteiger partial charge in [0.05, 0.1) is 11.3 Å². The van der Waals surface area contributed by atoms with E-state index in [0.717, 1.165) is 0 Å². The predicted octanol–water partition coefficient (Wildman–Crippen LogP) is -0.215. The van der Waals surface area contributed by atoms with E-state index in [1.165, 1.54) is 24.3 Å². The van der Waals surface area contributed by atoms with Gasteiger partial charge in [-0.2, -0.15) is 0 Å². The lowest BCUT2D eigenvalue weighted by Crippen LogP contribution is -2.24. The first kappa shape index (κ1) is 13.2. The van der Waals surface area contributed by atoms with Crippen LogP contribution < -0.4 is 5.73 Å². The van der Waals surface area contributed by atoms with Crippen molar-refractivity contribution in [3.8, 4) is 0 Å². The molecule has 17 heavy (non-hydrogen) atoms. The number of aromatic carboxylic acids is 1. The molecule has 0 saturated heterocycles. The van der Waals surface area contributed by atoms with Crippen molar-refractivity contribution in [3.05, 3.63) is 35.4 Å². The molecule has 0 aromatic heterocycles. The monoisotopic (exact) mass is 257 g/mol. The van der Waals surface area contributed by atoms with E-state index in [4.69, 9.17) is 10.8 Å². The van der Waals surface area contributed by atoms with Gasteiger partial charge in [0, 0.05) is 0 Å². The van der Waals surface area contributed by atoms with E-state index in [0.29, 0.717) is 0 Å². The molecule has 0 aliphatic heterocycles. The summed E-state index contributed by atoms with van der Waals surface area (Å²) in [7, 11) is -3.73. The second kappa shape index (κ2) is 4.96. The van der Waals surface area contributed by atoms with E-state index in [1.807, 2.05) is 0 Å². The van der Waals surface area contributed by atoms with Crippen molar-refractivity contribution in [1.29, 1.82) is 0 Å². The Balaban J connectivity index is 3.04. The van der Waals surface area contributed by atoms with Crippen molar-refractivity contribution in [2.45, 2.75) is 5.75 Å². The van der Waals surface area contributed by atoms with Crippen LogP contribution in [0.1, 0.15) is 15.9 Å². The van der Waals surface area contributed by atoms with Crippen LogP contribution in [0.15, 0.2) is 24.3 Å². The lowest BCUT2D eigenvalue weighted by molar-refractivity contribution is -0.115. The summed E-state index contributed by atoms with van der Waals surface area (Å²) in [4.78, 5) is 21.4. The summed E-state index contributed by atoms with van der Waals surface area (Å²) in [6.45, 7) is 0. The van der Waals surface area contributed by atoms with Crippen LogP contribution in [0.2, 0.25) is 0 Å². The molecule has 7 heteroatoms. The minimum atomic E-state index is -3.73. The summed E-state index contributed by atoms with van der Waals surface area (Å²) < 4.78 is 23.0. The fraction of sp³-hybridized carbons (Fsp3) is 0.200. The van der Waals surface area contributed by atoms with E-state index in [9.17, 15) is 18.0 Å². The highest BCUT2D eigenvalue weighted by molar-refractivity contribution is 7.91. The molecule has 0 saturated carbocycles. The van der Waals surface area contributed by atoms with Crippen LogP contribution in [0.3, 0.4) is 0 Å². The van der Waals surface area contributed by atoms with Gasteiger partial charge in [-0.3, -0.25) is 4.79 Å². The van der Waals surface area contributed by atoms with Crippen LogP contribution in [-0.4, -0.2) is 31.2 Å². The Morgan fingerprint density at radius 1 is 1.24 bits per heavy atom. The summed E-state index contributed by atoms with van der Waals surface area (Å²) in [5.74, 6) is -3.48. The SMILES string of the molecule is NC(=O)CS(=O)(=O)Cc1ccccc1C(=O)O. The summed E-state index contributed by atoms with van der Waals surface area (Å²) in [6.07, 6.45) is 0. The zero-order valence-corrected chi connectivity index (χ0v) is 9.61. The topological polar surface area (TPSA) is 115 Å². The Hall–Kier alpha value is -1.89. The molecular weight excluding hydrogens is 246 g/mol. The highest BCUT2D eigenvalue weighted by Gasteiger charge is 2.19. The number of sulfone groups is 1. The number of amides is 1. The van der Waals surface area contributed by atoms with Crippen molar-refractivity contribution < 1.29 is 23.1 Å². The molecule has 1 amide bonds. The minimum Gasteiger partial charge on any atom is -0.478 e. The van der Waals surface area contributed by atoms with Crippen molar-refractivity contribution in [2.75, 3.05) is 5.75 Å². The second-order valence-corrected chi connectivity index (χ2v) is 5.53. The lowest BCUT2D eigenvalue weighted by Gasteiger charge is -2.05. The number of carboxylic acids is 1. The maximum atomic E-state index is 11.5. The Kier molecular flexibility index (Phi) is 3.84. The zero-order chi connectivity index (χ0) is 13.1. The highest BCUT2D eigenvalue weighted by Crippen LogP contribution is 2.13. The molecule has 0 spiro atoms. The summed E-state index contributed by atoms with van der Waals surface area (Å²) in [6, 6.07) is 5.72. The average molecular weight is 257 g/mol. The van der Waals surface area contributed by atoms with Gasteiger partial charge < -0.3 is 10.8 Å². The van der Waals surface area contributed by atoms with Crippen LogP contribution in [0.5, 0.6) is 0 Å². The van der Waals surface area contributed by atoms with Crippen molar-refractivity contribution >= 4 is 21.7 Å². The molecule has 6 nitrogen and oxygen atoms in total. The Morgan fingerprint density at radius 3 is 2.35 bits per heavy atom. The number of carboxylic acid groups (broad SMARTS) is 1. The fourth-order valence-electron chi connectivity index (χ4n) is 1.36. The van der Waals surface area contributed by atoms with Crippen molar-refractivity contribution in [1.82, 2.24) is 0 Å². The van der Waals surface area contributed by atoms with Crippen LogP contribution >= 0.6 is 0 Å². The predicted molar refractivity (Wildman–Crippen MR) is 60.1 cm³/mol. The molecule has 0 aliphatic rings. The second-order valence-electron chi connectivity index (χ2n) is 3.46. The van der Waals surface area contributed by atoms with E-state index in [2.05, 4.69) is 0 Å². The van der Waals surface area contributed by atoms with Crippen LogP contribution in [0.4, 0.5) is 0 Å². The maximum absolute atomic E-state index is 11.5. The summed E-state index contributed by atoms with van der Waals surface area (Å²) in [5.41, 5.74) is 4.84. The molecule has 0 atom stereocenters. The first-order chi connectivity index (χ1) is 7.82. The number of hydrogen-bond donors (Lipinski definition) is 2. The fourth-order valence-corrected chi connectivity index (χ4v) is 2.62. The van der Waals surface area contributed by atoms with Crippen molar-refractivity contribution in [2.24, 2.45) is 5.73 Å². The van der Waals surface area contributed by atoms with Crippen LogP contribution in [0.25, 0.3) is 0 Å². The molecule has 1 rings (SSSR count). The number of benzene rings is 1. The number of carbonyl (C=O) groups is 2. The molecule has 0 unspecified atom stereocenters. The van der Waals surface area contributed by atoms with E-state index in [1.54, 1.807) is 0 Å². The molecule has 3 N–H and O–H groups in total. The first-order valence-corrected chi connectivity index (χ1v) is 6.44. The first-order valence-electron chi connectivity index (χ1n) is 4.62. The molecule has 1 aromatic rings. The van der Waals surface area contributed by atoms with Gasteiger partial charge in [-0.1, -0.05) is 18.2 Å². The molecule has 0 radical (unpaired) electrons. The number of hydrogen-bond acceptors (Lipinski definition) is 4. The Labute approximate surface area is 98.0 Å². The Bertz CT molecular complexity index is 550. The number of primary amides is 1. The lowest BCUT2D eigenvalue weighted by atomic mass is 10.1. The summed E-state index contributed by atoms with van der Waals surface area (Å²) in [5, 5.41) is 8.86. The quantitative estimate of drug-likeness (QED) is 0.757. The standard InChI is InChI=1S/C10H11NO5S/c11-9(12)6-17(15,16)5-7-3-1-2-4-8(7)10(13)14/h1-4H,5-6H2,(H2,11,12)(H,13,14). The highest BCUT2D eigenvalue weighted by atomic mass is 32.2. The van der Waals surface area contributed by atoms with Gasteiger partial charge in [0.25, 0.3) is 0 Å². The zero-order valence-electron chi connectivity index (χ0n) is 8.79. The van der Waals surface area contributed by atoms with Gasteiger partial charge in [-0.15, -0.1) is 0 Å². The molecule has 0 aliphatic carbocycles.